The minimum absolute atomic E-state index is 0.348. The maximum absolute atomic E-state index is 11.7. The molecular weight excluding hydrogens is 376 g/mol. The molecule has 9 heteroatoms. The van der Waals surface area contributed by atoms with Crippen molar-refractivity contribution in [3.05, 3.63) is 0 Å². The Morgan fingerprint density at radius 1 is 0.926 bits per heavy atom. The van der Waals surface area contributed by atoms with Gasteiger partial charge in [0.2, 0.25) is 0 Å². The highest BCUT2D eigenvalue weighted by Crippen LogP contribution is 2.12. The fraction of sp³-hybridized carbons (Fsp3) is 0.889. The van der Waals surface area contributed by atoms with Gasteiger partial charge >= 0.3 is 11.9 Å². The Kier molecular flexibility index (Phi) is 14.2. The molecule has 0 aliphatic carbocycles. The van der Waals surface area contributed by atoms with E-state index >= 15 is 0 Å². The first-order valence-electron chi connectivity index (χ1n) is 9.68. The van der Waals surface area contributed by atoms with Crippen molar-refractivity contribution in [1.82, 2.24) is 0 Å². The zero-order chi connectivity index (χ0) is 20.7. The number of carboxylic acid groups (broad SMARTS) is 1. The Morgan fingerprint density at radius 2 is 1.41 bits per heavy atom. The molecule has 2 atom stereocenters. The van der Waals surface area contributed by atoms with Crippen LogP contribution in [0.15, 0.2) is 0 Å². The summed E-state index contributed by atoms with van der Waals surface area (Å²) in [5.74, 6) is -2.87. The predicted molar refractivity (Wildman–Crippen MR) is 101 cm³/mol. The van der Waals surface area contributed by atoms with E-state index in [1.165, 1.54) is 51.9 Å². The predicted octanol–water partition coefficient (Wildman–Crippen LogP) is 3.54. The Labute approximate surface area is 162 Å². The van der Waals surface area contributed by atoms with Crippen molar-refractivity contribution in [3.8, 4) is 0 Å². The SMILES string of the molecule is CCCCCCCCCCCCOC(C)OC(=O)C(CC(=O)O)S(=O)(=O)O. The van der Waals surface area contributed by atoms with Gasteiger partial charge in [0.15, 0.2) is 11.5 Å². The van der Waals surface area contributed by atoms with Crippen LogP contribution in [0.25, 0.3) is 0 Å². The lowest BCUT2D eigenvalue weighted by atomic mass is 10.1. The van der Waals surface area contributed by atoms with Crippen molar-refractivity contribution in [2.45, 2.75) is 96.0 Å². The normalized spacial score (nSPS) is 13.9. The minimum Gasteiger partial charge on any atom is -0.481 e. The second-order valence-electron chi connectivity index (χ2n) is 6.66. The molecule has 0 aromatic heterocycles. The van der Waals surface area contributed by atoms with Gasteiger partial charge in [-0.05, 0) is 13.3 Å². The summed E-state index contributed by atoms with van der Waals surface area (Å²) in [5, 5.41) is 6.48. The van der Waals surface area contributed by atoms with E-state index in [0.29, 0.717) is 6.61 Å². The smallest absolute Gasteiger partial charge is 0.329 e. The Bertz CT molecular complexity index is 517. The van der Waals surface area contributed by atoms with E-state index < -0.39 is 40.0 Å². The maximum Gasteiger partial charge on any atom is 0.329 e. The van der Waals surface area contributed by atoms with Gasteiger partial charge in [-0.3, -0.25) is 14.1 Å². The van der Waals surface area contributed by atoms with Crippen LogP contribution in [-0.2, 0) is 29.2 Å². The first-order chi connectivity index (χ1) is 12.7. The molecule has 0 fully saturated rings. The fourth-order valence-electron chi connectivity index (χ4n) is 2.58. The molecule has 8 nitrogen and oxygen atoms in total. The van der Waals surface area contributed by atoms with Crippen LogP contribution in [0.5, 0.6) is 0 Å². The number of hydrogen-bond acceptors (Lipinski definition) is 6. The Hall–Kier alpha value is -1.19. The summed E-state index contributed by atoms with van der Waals surface area (Å²) >= 11 is 0. The highest BCUT2D eigenvalue weighted by atomic mass is 32.2. The summed E-state index contributed by atoms with van der Waals surface area (Å²) < 4.78 is 41.2. The molecule has 0 spiro atoms. The second-order valence-corrected chi connectivity index (χ2v) is 8.26. The third-order valence-electron chi connectivity index (χ3n) is 4.12. The van der Waals surface area contributed by atoms with Gasteiger partial charge in [0, 0.05) is 0 Å². The van der Waals surface area contributed by atoms with E-state index in [9.17, 15) is 18.0 Å². The molecule has 0 aliphatic rings. The maximum atomic E-state index is 11.7. The molecule has 0 aliphatic heterocycles. The standard InChI is InChI=1S/C18H34O8S/c1-3-4-5-6-7-8-9-10-11-12-13-25-15(2)26-18(21)16(14-17(19)20)27(22,23)24/h15-16H,3-14H2,1-2H3,(H,19,20)(H,22,23,24). The van der Waals surface area contributed by atoms with E-state index in [4.69, 9.17) is 19.1 Å². The van der Waals surface area contributed by atoms with Crippen molar-refractivity contribution in [2.75, 3.05) is 6.61 Å². The largest absolute Gasteiger partial charge is 0.481 e. The van der Waals surface area contributed by atoms with E-state index in [0.717, 1.165) is 19.3 Å². The molecule has 27 heavy (non-hydrogen) atoms. The Morgan fingerprint density at radius 3 is 1.85 bits per heavy atom. The second kappa shape index (κ2) is 14.8. The monoisotopic (exact) mass is 410 g/mol. The molecule has 0 radical (unpaired) electrons. The van der Waals surface area contributed by atoms with Gasteiger partial charge in [0.25, 0.3) is 10.1 Å². The molecule has 0 aromatic carbocycles. The molecule has 0 saturated carbocycles. The number of unbranched alkanes of at least 4 members (excludes halogenated alkanes) is 9. The Balaban J connectivity index is 3.85. The average Bonchev–Trinajstić information content (AvgIpc) is 2.56. The lowest BCUT2D eigenvalue weighted by Crippen LogP contribution is -2.36. The number of carbonyl (C=O) groups is 2. The summed E-state index contributed by atoms with van der Waals surface area (Å²) in [6.07, 6.45) is 9.65. The van der Waals surface area contributed by atoms with Crippen molar-refractivity contribution in [1.29, 1.82) is 0 Å². The quantitative estimate of drug-likeness (QED) is 0.161. The summed E-state index contributed by atoms with van der Waals surface area (Å²) in [4.78, 5) is 22.3. The summed E-state index contributed by atoms with van der Waals surface area (Å²) in [5.41, 5.74) is 0. The van der Waals surface area contributed by atoms with Gasteiger partial charge in [-0.25, -0.2) is 0 Å². The van der Waals surface area contributed by atoms with E-state index in [1.807, 2.05) is 0 Å². The van der Waals surface area contributed by atoms with Crippen molar-refractivity contribution in [2.24, 2.45) is 0 Å². The summed E-state index contributed by atoms with van der Waals surface area (Å²) in [7, 11) is -4.86. The number of aliphatic carboxylic acids is 1. The first-order valence-corrected chi connectivity index (χ1v) is 11.2. The number of hydrogen-bond donors (Lipinski definition) is 2. The van der Waals surface area contributed by atoms with E-state index in [1.54, 1.807) is 0 Å². The van der Waals surface area contributed by atoms with Crippen molar-refractivity contribution >= 4 is 22.1 Å². The summed E-state index contributed by atoms with van der Waals surface area (Å²) in [6.45, 7) is 3.96. The highest BCUT2D eigenvalue weighted by Gasteiger charge is 2.35. The van der Waals surface area contributed by atoms with Gasteiger partial charge in [0.1, 0.15) is 0 Å². The van der Waals surface area contributed by atoms with Gasteiger partial charge in [0.05, 0.1) is 13.0 Å². The zero-order valence-corrected chi connectivity index (χ0v) is 17.2. The van der Waals surface area contributed by atoms with Crippen LogP contribution in [0.3, 0.4) is 0 Å². The molecule has 0 aromatic rings. The van der Waals surface area contributed by atoms with Crippen LogP contribution in [0.1, 0.15) is 84.5 Å². The van der Waals surface area contributed by atoms with Crippen LogP contribution in [0.4, 0.5) is 0 Å². The van der Waals surface area contributed by atoms with Crippen LogP contribution in [0.2, 0.25) is 0 Å². The lowest BCUT2D eigenvalue weighted by molar-refractivity contribution is -0.175. The minimum atomic E-state index is -4.86. The van der Waals surface area contributed by atoms with Crippen LogP contribution in [-0.4, -0.2) is 48.2 Å². The highest BCUT2D eigenvalue weighted by molar-refractivity contribution is 7.87. The number of rotatable bonds is 17. The molecule has 2 unspecified atom stereocenters. The third-order valence-corrected chi connectivity index (χ3v) is 5.19. The number of carboxylic acids is 1. The van der Waals surface area contributed by atoms with Crippen molar-refractivity contribution < 1.29 is 37.1 Å². The topological polar surface area (TPSA) is 127 Å². The van der Waals surface area contributed by atoms with Gasteiger partial charge in [-0.2, -0.15) is 8.42 Å². The van der Waals surface area contributed by atoms with E-state index in [2.05, 4.69) is 6.92 Å². The van der Waals surface area contributed by atoms with Crippen LogP contribution < -0.4 is 0 Å². The first kappa shape index (κ1) is 25.8. The number of carbonyl (C=O) groups excluding carboxylic acids is 1. The van der Waals surface area contributed by atoms with Crippen molar-refractivity contribution in [3.63, 3.8) is 0 Å². The number of ether oxygens (including phenoxy) is 2. The molecular formula is C18H34O8S. The third kappa shape index (κ3) is 14.5. The number of esters is 1. The lowest BCUT2D eigenvalue weighted by Gasteiger charge is -2.17. The molecule has 160 valence electrons. The van der Waals surface area contributed by atoms with Gasteiger partial charge < -0.3 is 14.6 Å². The van der Waals surface area contributed by atoms with Gasteiger partial charge in [-0.1, -0.05) is 64.7 Å². The molecule has 0 bridgehead atoms. The van der Waals surface area contributed by atoms with E-state index in [-0.39, 0.29) is 0 Å². The molecule has 0 saturated heterocycles. The molecule has 0 amide bonds. The summed E-state index contributed by atoms with van der Waals surface area (Å²) in [6, 6.07) is 0. The van der Waals surface area contributed by atoms with Crippen LogP contribution in [0, 0.1) is 0 Å². The average molecular weight is 411 g/mol. The molecule has 0 rings (SSSR count). The van der Waals surface area contributed by atoms with Gasteiger partial charge in [-0.15, -0.1) is 0 Å². The molecule has 0 heterocycles. The zero-order valence-electron chi connectivity index (χ0n) is 16.4. The fourth-order valence-corrected chi connectivity index (χ4v) is 3.23. The van der Waals surface area contributed by atoms with Crippen LogP contribution >= 0.6 is 0 Å². The molecule has 2 N–H and O–H groups in total.